The number of nitrogens with one attached hydrogen (secondary N) is 1. The smallest absolute Gasteiger partial charge is 0.203 e. The first-order valence-electron chi connectivity index (χ1n) is 5.47. The molecule has 4 heteroatoms. The van der Waals surface area contributed by atoms with E-state index >= 15 is 0 Å². The van der Waals surface area contributed by atoms with Gasteiger partial charge in [-0.05, 0) is 20.3 Å². The predicted molar refractivity (Wildman–Crippen MR) is 62.3 cm³/mol. The molecule has 1 unspecified atom stereocenters. The maximum atomic E-state index is 5.00. The molecule has 4 nitrogen and oxygen atoms in total. The number of aryl methyl sites for hydroxylation is 1. The van der Waals surface area contributed by atoms with Crippen LogP contribution in [0.15, 0.2) is 6.20 Å². The number of rotatable bonds is 6. The standard InChI is InChI=1S/C11H21N3O/c1-5-10(3)14-8-9(2)13-11(14)12-6-7-15-4/h8,10H,5-7H2,1-4H3,(H,12,13). The lowest BCUT2D eigenvalue weighted by molar-refractivity contribution is 0.210. The van der Waals surface area contributed by atoms with Crippen LogP contribution in [0.2, 0.25) is 0 Å². The van der Waals surface area contributed by atoms with Crippen molar-refractivity contribution in [3.8, 4) is 0 Å². The van der Waals surface area contributed by atoms with Crippen molar-refractivity contribution < 1.29 is 4.74 Å². The van der Waals surface area contributed by atoms with Gasteiger partial charge in [-0.1, -0.05) is 6.92 Å². The lowest BCUT2D eigenvalue weighted by Crippen LogP contribution is -2.14. The van der Waals surface area contributed by atoms with Gasteiger partial charge < -0.3 is 14.6 Å². The summed E-state index contributed by atoms with van der Waals surface area (Å²) in [5.41, 5.74) is 1.05. The van der Waals surface area contributed by atoms with Crippen molar-refractivity contribution in [1.29, 1.82) is 0 Å². The van der Waals surface area contributed by atoms with Crippen molar-refractivity contribution in [2.24, 2.45) is 0 Å². The topological polar surface area (TPSA) is 39.1 Å². The van der Waals surface area contributed by atoms with E-state index < -0.39 is 0 Å². The van der Waals surface area contributed by atoms with Gasteiger partial charge in [-0.3, -0.25) is 0 Å². The van der Waals surface area contributed by atoms with Crippen molar-refractivity contribution in [3.63, 3.8) is 0 Å². The summed E-state index contributed by atoms with van der Waals surface area (Å²) in [5.74, 6) is 0.943. The first-order valence-corrected chi connectivity index (χ1v) is 5.47. The van der Waals surface area contributed by atoms with E-state index in [4.69, 9.17) is 4.74 Å². The third-order valence-electron chi connectivity index (χ3n) is 2.51. The summed E-state index contributed by atoms with van der Waals surface area (Å²) in [6.07, 6.45) is 3.19. The minimum absolute atomic E-state index is 0.483. The molecule has 1 rings (SSSR count). The zero-order chi connectivity index (χ0) is 11.3. The average molecular weight is 211 g/mol. The monoisotopic (exact) mass is 211 g/mol. The van der Waals surface area contributed by atoms with Crippen LogP contribution >= 0.6 is 0 Å². The SMILES string of the molecule is CCC(C)n1cc(C)nc1NCCOC. The molecular formula is C11H21N3O. The number of anilines is 1. The summed E-state index contributed by atoms with van der Waals surface area (Å²) < 4.78 is 7.18. The molecule has 1 aromatic rings. The molecule has 0 saturated heterocycles. The van der Waals surface area contributed by atoms with Crippen LogP contribution in [-0.2, 0) is 4.74 Å². The van der Waals surface area contributed by atoms with E-state index in [-0.39, 0.29) is 0 Å². The van der Waals surface area contributed by atoms with Gasteiger partial charge in [0.15, 0.2) is 0 Å². The molecule has 1 N–H and O–H groups in total. The molecule has 0 saturated carbocycles. The van der Waals surface area contributed by atoms with Crippen molar-refractivity contribution in [1.82, 2.24) is 9.55 Å². The number of methoxy groups -OCH3 is 1. The maximum absolute atomic E-state index is 5.00. The Morgan fingerprint density at radius 1 is 1.60 bits per heavy atom. The molecule has 0 bridgehead atoms. The number of nitrogens with zero attached hydrogens (tertiary/aromatic N) is 2. The fourth-order valence-corrected chi connectivity index (χ4v) is 1.44. The lowest BCUT2D eigenvalue weighted by Gasteiger charge is -2.14. The van der Waals surface area contributed by atoms with Crippen LogP contribution in [-0.4, -0.2) is 29.8 Å². The molecule has 0 aliphatic heterocycles. The highest BCUT2D eigenvalue weighted by Crippen LogP contribution is 2.17. The Morgan fingerprint density at radius 3 is 2.93 bits per heavy atom. The van der Waals surface area contributed by atoms with E-state index in [1.54, 1.807) is 7.11 Å². The van der Waals surface area contributed by atoms with Crippen molar-refractivity contribution in [2.75, 3.05) is 25.6 Å². The molecular weight excluding hydrogens is 190 g/mol. The third kappa shape index (κ3) is 3.23. The molecule has 0 radical (unpaired) electrons. The average Bonchev–Trinajstić information content (AvgIpc) is 2.59. The van der Waals surface area contributed by atoms with E-state index in [2.05, 4.69) is 34.9 Å². The minimum Gasteiger partial charge on any atom is -0.383 e. The second-order valence-corrected chi connectivity index (χ2v) is 3.79. The summed E-state index contributed by atoms with van der Waals surface area (Å²) in [6.45, 7) is 7.89. The summed E-state index contributed by atoms with van der Waals surface area (Å²) >= 11 is 0. The van der Waals surface area contributed by atoms with Crippen LogP contribution in [0.1, 0.15) is 32.0 Å². The first kappa shape index (κ1) is 12.0. The van der Waals surface area contributed by atoms with Gasteiger partial charge in [0, 0.05) is 25.9 Å². The lowest BCUT2D eigenvalue weighted by atomic mass is 10.2. The Bertz CT molecular complexity index is 296. The highest BCUT2D eigenvalue weighted by atomic mass is 16.5. The van der Waals surface area contributed by atoms with Gasteiger partial charge in [0.25, 0.3) is 0 Å². The second-order valence-electron chi connectivity index (χ2n) is 3.79. The Labute approximate surface area is 91.7 Å². The molecule has 0 aliphatic rings. The summed E-state index contributed by atoms with van der Waals surface area (Å²) in [7, 11) is 1.70. The molecule has 86 valence electrons. The number of aromatic nitrogens is 2. The van der Waals surface area contributed by atoms with Crippen LogP contribution < -0.4 is 5.32 Å². The molecule has 1 aromatic heterocycles. The second kappa shape index (κ2) is 5.75. The van der Waals surface area contributed by atoms with Gasteiger partial charge in [-0.2, -0.15) is 0 Å². The molecule has 0 spiro atoms. The van der Waals surface area contributed by atoms with Crippen molar-refractivity contribution >= 4 is 5.95 Å². The molecule has 0 fully saturated rings. The van der Waals surface area contributed by atoms with Crippen LogP contribution in [0.5, 0.6) is 0 Å². The molecule has 0 aromatic carbocycles. The Morgan fingerprint density at radius 2 is 2.33 bits per heavy atom. The summed E-state index contributed by atoms with van der Waals surface area (Å²) in [4.78, 5) is 4.45. The van der Waals surface area contributed by atoms with Gasteiger partial charge in [-0.15, -0.1) is 0 Å². The largest absolute Gasteiger partial charge is 0.383 e. The van der Waals surface area contributed by atoms with E-state index in [0.717, 1.165) is 24.6 Å². The zero-order valence-electron chi connectivity index (χ0n) is 10.1. The first-order chi connectivity index (χ1) is 7.19. The van der Waals surface area contributed by atoms with Crippen molar-refractivity contribution in [3.05, 3.63) is 11.9 Å². The minimum atomic E-state index is 0.483. The Hall–Kier alpha value is -1.03. The zero-order valence-corrected chi connectivity index (χ0v) is 10.1. The van der Waals surface area contributed by atoms with E-state index in [0.29, 0.717) is 12.6 Å². The van der Waals surface area contributed by atoms with Gasteiger partial charge in [0.2, 0.25) is 5.95 Å². The normalized spacial score (nSPS) is 12.8. The molecule has 0 amide bonds. The van der Waals surface area contributed by atoms with Crippen LogP contribution in [0.4, 0.5) is 5.95 Å². The molecule has 1 atom stereocenters. The summed E-state index contributed by atoms with van der Waals surface area (Å²) in [6, 6.07) is 0.483. The van der Waals surface area contributed by atoms with Gasteiger partial charge in [0.05, 0.1) is 12.3 Å². The fourth-order valence-electron chi connectivity index (χ4n) is 1.44. The maximum Gasteiger partial charge on any atom is 0.203 e. The molecule has 0 aliphatic carbocycles. The number of imidazole rings is 1. The van der Waals surface area contributed by atoms with Gasteiger partial charge >= 0.3 is 0 Å². The van der Waals surface area contributed by atoms with Crippen LogP contribution in [0.3, 0.4) is 0 Å². The third-order valence-corrected chi connectivity index (χ3v) is 2.51. The number of hydrogen-bond acceptors (Lipinski definition) is 3. The van der Waals surface area contributed by atoms with Crippen molar-refractivity contribution in [2.45, 2.75) is 33.2 Å². The Balaban J connectivity index is 2.68. The quantitative estimate of drug-likeness (QED) is 0.733. The van der Waals surface area contributed by atoms with E-state index in [1.807, 2.05) is 6.92 Å². The Kier molecular flexibility index (Phi) is 4.62. The predicted octanol–water partition coefficient (Wildman–Crippen LogP) is 2.22. The van der Waals surface area contributed by atoms with Gasteiger partial charge in [0.1, 0.15) is 0 Å². The molecule has 1 heterocycles. The number of ether oxygens (including phenoxy) is 1. The number of hydrogen-bond donors (Lipinski definition) is 1. The highest BCUT2D eigenvalue weighted by molar-refractivity contribution is 5.29. The van der Waals surface area contributed by atoms with Crippen LogP contribution in [0, 0.1) is 6.92 Å². The molecule has 15 heavy (non-hydrogen) atoms. The highest BCUT2D eigenvalue weighted by Gasteiger charge is 2.09. The van der Waals surface area contributed by atoms with E-state index in [9.17, 15) is 0 Å². The fraction of sp³-hybridized carbons (Fsp3) is 0.727. The van der Waals surface area contributed by atoms with Gasteiger partial charge in [-0.25, -0.2) is 4.98 Å². The van der Waals surface area contributed by atoms with Crippen LogP contribution in [0.25, 0.3) is 0 Å². The van der Waals surface area contributed by atoms with E-state index in [1.165, 1.54) is 0 Å². The summed E-state index contributed by atoms with van der Waals surface area (Å²) in [5, 5.41) is 3.28.